The van der Waals surface area contributed by atoms with Crippen LogP contribution in [-0.2, 0) is 5.75 Å². The highest BCUT2D eigenvalue weighted by Gasteiger charge is 2.05. The Morgan fingerprint density at radius 2 is 1.65 bits per heavy atom. The van der Waals surface area contributed by atoms with Gasteiger partial charge in [0.25, 0.3) is 0 Å². The maximum atomic E-state index is 11.8. The van der Waals surface area contributed by atoms with E-state index >= 15 is 0 Å². The van der Waals surface area contributed by atoms with E-state index in [4.69, 9.17) is 0 Å². The fraction of sp³-hybridized carbons (Fsp3) is 0.0714. The third-order valence-corrected chi connectivity index (χ3v) is 3.99. The molecule has 2 rings (SSSR count). The number of carbonyl (C=O) groups excluding carboxylic acids is 1. The van der Waals surface area contributed by atoms with Crippen LogP contribution in [0, 0.1) is 3.57 Å². The first-order valence-electron chi connectivity index (χ1n) is 5.22. The highest BCUT2D eigenvalue weighted by atomic mass is 127. The van der Waals surface area contributed by atoms with Gasteiger partial charge >= 0.3 is 0 Å². The zero-order valence-electron chi connectivity index (χ0n) is 9.10. The topological polar surface area (TPSA) is 17.1 Å². The van der Waals surface area contributed by atoms with Gasteiger partial charge in [-0.3, -0.25) is 4.79 Å². The lowest BCUT2D eigenvalue weighted by molar-refractivity contribution is 0.108. The predicted molar refractivity (Wildman–Crippen MR) is 81.2 cm³/mol. The van der Waals surface area contributed by atoms with E-state index in [2.05, 4.69) is 46.9 Å². The number of halogens is 1. The molecule has 17 heavy (non-hydrogen) atoms. The number of thioether (sulfide) groups is 1. The van der Waals surface area contributed by atoms with Crippen molar-refractivity contribution in [3.05, 3.63) is 69.3 Å². The Labute approximate surface area is 119 Å². The monoisotopic (exact) mass is 354 g/mol. The smallest absolute Gasteiger partial charge is 0.219 e. The van der Waals surface area contributed by atoms with Gasteiger partial charge in [-0.15, -0.1) is 0 Å². The van der Waals surface area contributed by atoms with Crippen molar-refractivity contribution in [2.45, 2.75) is 5.75 Å². The lowest BCUT2D eigenvalue weighted by Gasteiger charge is -2.01. The van der Waals surface area contributed by atoms with E-state index < -0.39 is 0 Å². The van der Waals surface area contributed by atoms with Crippen molar-refractivity contribution in [1.82, 2.24) is 0 Å². The normalized spacial score (nSPS) is 10.2. The molecule has 0 saturated carbocycles. The summed E-state index contributed by atoms with van der Waals surface area (Å²) in [5.74, 6) is 0.727. The molecule has 0 unspecified atom stereocenters. The average molecular weight is 354 g/mol. The van der Waals surface area contributed by atoms with Crippen molar-refractivity contribution in [2.24, 2.45) is 0 Å². The Bertz CT molecular complexity index is 493. The Kier molecular flexibility index (Phi) is 4.62. The lowest BCUT2D eigenvalue weighted by atomic mass is 10.2. The fourth-order valence-corrected chi connectivity index (χ4v) is 2.54. The van der Waals surface area contributed by atoms with E-state index in [9.17, 15) is 4.79 Å². The summed E-state index contributed by atoms with van der Waals surface area (Å²) in [6.45, 7) is 0. The third kappa shape index (κ3) is 3.85. The minimum Gasteiger partial charge on any atom is -0.282 e. The molecule has 0 N–H and O–H groups in total. The van der Waals surface area contributed by atoms with Gasteiger partial charge in [0.2, 0.25) is 5.12 Å². The molecule has 0 atom stereocenters. The zero-order chi connectivity index (χ0) is 12.1. The first-order valence-corrected chi connectivity index (χ1v) is 7.29. The minimum absolute atomic E-state index is 0.129. The lowest BCUT2D eigenvalue weighted by Crippen LogP contribution is -1.93. The maximum Gasteiger partial charge on any atom is 0.219 e. The van der Waals surface area contributed by atoms with Gasteiger partial charge in [0.1, 0.15) is 0 Å². The molecule has 0 saturated heterocycles. The first-order chi connectivity index (χ1) is 8.25. The zero-order valence-corrected chi connectivity index (χ0v) is 12.1. The average Bonchev–Trinajstić information content (AvgIpc) is 2.39. The second-order valence-corrected chi connectivity index (χ2v) is 5.76. The van der Waals surface area contributed by atoms with Crippen molar-refractivity contribution in [2.75, 3.05) is 0 Å². The van der Waals surface area contributed by atoms with Crippen LogP contribution in [0.1, 0.15) is 15.9 Å². The Morgan fingerprint density at radius 3 is 2.29 bits per heavy atom. The van der Waals surface area contributed by atoms with Gasteiger partial charge in [-0.25, -0.2) is 0 Å². The van der Waals surface area contributed by atoms with Gasteiger partial charge in [-0.1, -0.05) is 54.2 Å². The predicted octanol–water partition coefficient (Wildman–Crippen LogP) is 4.36. The summed E-state index contributed by atoms with van der Waals surface area (Å²) >= 11 is 3.62. The number of hydrogen-bond acceptors (Lipinski definition) is 2. The molecular weight excluding hydrogens is 343 g/mol. The Balaban J connectivity index is 1.95. The molecule has 0 aliphatic carbocycles. The number of rotatable bonds is 3. The van der Waals surface area contributed by atoms with Gasteiger partial charge in [0, 0.05) is 14.9 Å². The first kappa shape index (κ1) is 12.6. The standard InChI is InChI=1S/C14H11IOS/c15-13-8-6-11(7-9-13)10-17-14(16)12-4-2-1-3-5-12/h1-9H,10H2. The summed E-state index contributed by atoms with van der Waals surface area (Å²) in [6.07, 6.45) is 0. The van der Waals surface area contributed by atoms with Crippen molar-refractivity contribution in [3.8, 4) is 0 Å². The molecule has 0 fully saturated rings. The minimum atomic E-state index is 0.129. The van der Waals surface area contributed by atoms with Gasteiger partial charge in [0.15, 0.2) is 0 Å². The van der Waals surface area contributed by atoms with Crippen molar-refractivity contribution in [3.63, 3.8) is 0 Å². The second kappa shape index (κ2) is 6.21. The van der Waals surface area contributed by atoms with E-state index in [0.29, 0.717) is 0 Å². The number of hydrogen-bond donors (Lipinski definition) is 0. The maximum absolute atomic E-state index is 11.8. The van der Waals surface area contributed by atoms with E-state index in [0.717, 1.165) is 11.3 Å². The van der Waals surface area contributed by atoms with Crippen LogP contribution in [0.15, 0.2) is 54.6 Å². The quantitative estimate of drug-likeness (QED) is 0.762. The SMILES string of the molecule is O=C(SCc1ccc(I)cc1)c1ccccc1. The fourth-order valence-electron chi connectivity index (χ4n) is 1.39. The Hall–Kier alpha value is -0.810. The molecule has 0 spiro atoms. The molecule has 0 aromatic heterocycles. The van der Waals surface area contributed by atoms with Gasteiger partial charge in [0.05, 0.1) is 0 Å². The van der Waals surface area contributed by atoms with E-state index in [-0.39, 0.29) is 5.12 Å². The molecule has 0 aliphatic heterocycles. The van der Waals surface area contributed by atoms with Crippen LogP contribution in [0.4, 0.5) is 0 Å². The van der Waals surface area contributed by atoms with Gasteiger partial charge < -0.3 is 0 Å². The number of carbonyl (C=O) groups is 1. The Morgan fingerprint density at radius 1 is 1.00 bits per heavy atom. The molecular formula is C14H11IOS. The van der Waals surface area contributed by atoms with Crippen LogP contribution >= 0.6 is 34.4 Å². The molecule has 1 nitrogen and oxygen atoms in total. The molecule has 0 bridgehead atoms. The van der Waals surface area contributed by atoms with E-state index in [1.807, 2.05) is 30.3 Å². The largest absolute Gasteiger partial charge is 0.282 e. The van der Waals surface area contributed by atoms with Crippen LogP contribution < -0.4 is 0 Å². The summed E-state index contributed by atoms with van der Waals surface area (Å²) in [7, 11) is 0. The van der Waals surface area contributed by atoms with Crippen LogP contribution in [0.3, 0.4) is 0 Å². The highest BCUT2D eigenvalue weighted by Crippen LogP contribution is 2.18. The highest BCUT2D eigenvalue weighted by molar-refractivity contribution is 14.1. The van der Waals surface area contributed by atoms with Crippen LogP contribution in [0.5, 0.6) is 0 Å². The molecule has 2 aromatic carbocycles. The van der Waals surface area contributed by atoms with Crippen LogP contribution in [0.2, 0.25) is 0 Å². The summed E-state index contributed by atoms with van der Waals surface area (Å²) in [6, 6.07) is 17.6. The number of benzene rings is 2. The third-order valence-electron chi connectivity index (χ3n) is 2.29. The van der Waals surface area contributed by atoms with E-state index in [1.54, 1.807) is 0 Å². The van der Waals surface area contributed by atoms with Gasteiger partial charge in [-0.05, 0) is 40.3 Å². The molecule has 0 amide bonds. The summed E-state index contributed by atoms with van der Waals surface area (Å²) in [4.78, 5) is 11.8. The van der Waals surface area contributed by atoms with Crippen molar-refractivity contribution in [1.29, 1.82) is 0 Å². The molecule has 2 aromatic rings. The molecule has 86 valence electrons. The van der Waals surface area contributed by atoms with Crippen LogP contribution in [-0.4, -0.2) is 5.12 Å². The molecule has 0 radical (unpaired) electrons. The summed E-state index contributed by atoms with van der Waals surface area (Å²) in [5, 5.41) is 0.129. The second-order valence-electron chi connectivity index (χ2n) is 3.57. The molecule has 3 heteroatoms. The molecule has 0 heterocycles. The van der Waals surface area contributed by atoms with Crippen molar-refractivity contribution < 1.29 is 4.79 Å². The van der Waals surface area contributed by atoms with E-state index in [1.165, 1.54) is 20.9 Å². The summed E-state index contributed by atoms with van der Waals surface area (Å²) in [5.41, 5.74) is 1.95. The summed E-state index contributed by atoms with van der Waals surface area (Å²) < 4.78 is 1.21. The van der Waals surface area contributed by atoms with Crippen molar-refractivity contribution >= 4 is 39.5 Å². The van der Waals surface area contributed by atoms with Gasteiger partial charge in [-0.2, -0.15) is 0 Å². The van der Waals surface area contributed by atoms with Crippen LogP contribution in [0.25, 0.3) is 0 Å². The molecule has 0 aliphatic rings.